The van der Waals surface area contributed by atoms with E-state index in [1.165, 1.54) is 0 Å². The van der Waals surface area contributed by atoms with E-state index in [0.29, 0.717) is 0 Å². The molecule has 0 aliphatic carbocycles. The molecule has 1 saturated heterocycles. The first-order valence-corrected chi connectivity index (χ1v) is 5.52. The Morgan fingerprint density at radius 2 is 2.21 bits per heavy atom. The quantitative estimate of drug-likeness (QED) is 0.728. The van der Waals surface area contributed by atoms with Gasteiger partial charge < -0.3 is 10.6 Å². The first-order valence-electron chi connectivity index (χ1n) is 5.52. The van der Waals surface area contributed by atoms with Crippen LogP contribution in [0.2, 0.25) is 0 Å². The molecule has 0 aromatic heterocycles. The summed E-state index contributed by atoms with van der Waals surface area (Å²) in [6, 6.07) is 0.181. The molecule has 0 bridgehead atoms. The lowest BCUT2D eigenvalue weighted by molar-refractivity contribution is -0.141. The molecule has 14 heavy (non-hydrogen) atoms. The summed E-state index contributed by atoms with van der Waals surface area (Å²) in [5.74, 6) is 0.259. The highest BCUT2D eigenvalue weighted by molar-refractivity contribution is 5.82. The van der Waals surface area contributed by atoms with E-state index in [-0.39, 0.29) is 17.4 Å². The van der Waals surface area contributed by atoms with E-state index in [1.807, 2.05) is 18.7 Å². The molecule has 3 nitrogen and oxygen atoms in total. The van der Waals surface area contributed by atoms with Crippen LogP contribution in [0.4, 0.5) is 0 Å². The molecule has 2 N–H and O–H groups in total. The molecular weight excluding hydrogens is 176 g/mol. The fourth-order valence-electron chi connectivity index (χ4n) is 1.77. The summed E-state index contributed by atoms with van der Waals surface area (Å²) >= 11 is 0. The summed E-state index contributed by atoms with van der Waals surface area (Å²) in [7, 11) is 0. The van der Waals surface area contributed by atoms with Crippen LogP contribution < -0.4 is 5.73 Å². The zero-order chi connectivity index (χ0) is 10.8. The molecule has 1 aliphatic heterocycles. The number of likely N-dealkylation sites (tertiary alicyclic amines) is 1. The largest absolute Gasteiger partial charge is 0.341 e. The highest BCUT2D eigenvalue weighted by Crippen LogP contribution is 2.24. The molecule has 1 aliphatic rings. The second-order valence-corrected chi connectivity index (χ2v) is 4.89. The van der Waals surface area contributed by atoms with E-state index in [2.05, 4.69) is 6.92 Å². The van der Waals surface area contributed by atoms with Crippen LogP contribution in [0.1, 0.15) is 40.0 Å². The van der Waals surface area contributed by atoms with E-state index in [1.54, 1.807) is 0 Å². The Hall–Kier alpha value is -0.570. The Labute approximate surface area is 86.6 Å². The Balaban J connectivity index is 2.60. The Morgan fingerprint density at radius 3 is 2.71 bits per heavy atom. The molecule has 0 spiro atoms. The molecule has 1 rings (SSSR count). The predicted octanol–water partition coefficient (Wildman–Crippen LogP) is 1.37. The number of carbonyl (C=O) groups excluding carboxylic acids is 1. The Morgan fingerprint density at radius 1 is 1.57 bits per heavy atom. The van der Waals surface area contributed by atoms with Gasteiger partial charge in [0.05, 0.1) is 0 Å². The number of amides is 1. The Bertz CT molecular complexity index is 213. The van der Waals surface area contributed by atoms with Gasteiger partial charge in [-0.05, 0) is 19.3 Å². The van der Waals surface area contributed by atoms with E-state index >= 15 is 0 Å². The van der Waals surface area contributed by atoms with Gasteiger partial charge in [-0.3, -0.25) is 4.79 Å². The molecule has 1 fully saturated rings. The van der Waals surface area contributed by atoms with Crippen LogP contribution in [0.5, 0.6) is 0 Å². The normalized spacial score (nSPS) is 23.7. The van der Waals surface area contributed by atoms with Gasteiger partial charge in [-0.25, -0.2) is 0 Å². The number of carbonyl (C=O) groups is 1. The molecule has 0 saturated carbocycles. The maximum absolute atomic E-state index is 12.1. The van der Waals surface area contributed by atoms with Crippen molar-refractivity contribution >= 4 is 5.91 Å². The van der Waals surface area contributed by atoms with Crippen LogP contribution in [-0.2, 0) is 4.79 Å². The van der Waals surface area contributed by atoms with Gasteiger partial charge >= 0.3 is 0 Å². The van der Waals surface area contributed by atoms with Crippen LogP contribution >= 0.6 is 0 Å². The SMILES string of the molecule is CCC(C)(C)C(=O)N1CCC[C@@H](N)C1. The monoisotopic (exact) mass is 198 g/mol. The topological polar surface area (TPSA) is 46.3 Å². The minimum atomic E-state index is -0.225. The highest BCUT2D eigenvalue weighted by atomic mass is 16.2. The first kappa shape index (κ1) is 11.5. The van der Waals surface area contributed by atoms with E-state index in [4.69, 9.17) is 5.73 Å². The van der Waals surface area contributed by atoms with Crippen LogP contribution in [0.15, 0.2) is 0 Å². The summed E-state index contributed by atoms with van der Waals surface area (Å²) in [6.45, 7) is 7.70. The fraction of sp³-hybridized carbons (Fsp3) is 0.909. The van der Waals surface area contributed by atoms with Crippen LogP contribution in [0.3, 0.4) is 0 Å². The van der Waals surface area contributed by atoms with Gasteiger partial charge in [0.15, 0.2) is 0 Å². The van der Waals surface area contributed by atoms with Gasteiger partial charge in [-0.2, -0.15) is 0 Å². The molecule has 0 unspecified atom stereocenters. The average molecular weight is 198 g/mol. The second kappa shape index (κ2) is 4.30. The number of hydrogen-bond acceptors (Lipinski definition) is 2. The molecule has 82 valence electrons. The predicted molar refractivity (Wildman–Crippen MR) is 57.9 cm³/mol. The third kappa shape index (κ3) is 2.47. The first-order chi connectivity index (χ1) is 6.47. The third-order valence-corrected chi connectivity index (χ3v) is 3.21. The van der Waals surface area contributed by atoms with Gasteiger partial charge in [0, 0.05) is 24.5 Å². The van der Waals surface area contributed by atoms with Crippen molar-refractivity contribution in [3.8, 4) is 0 Å². The number of piperidine rings is 1. The molecule has 0 aromatic carbocycles. The molecule has 1 amide bonds. The number of rotatable bonds is 2. The highest BCUT2D eigenvalue weighted by Gasteiger charge is 2.32. The molecule has 0 radical (unpaired) electrons. The molecular formula is C11H22N2O. The van der Waals surface area contributed by atoms with Crippen LogP contribution in [0.25, 0.3) is 0 Å². The van der Waals surface area contributed by atoms with Crippen molar-refractivity contribution in [2.45, 2.75) is 46.1 Å². The zero-order valence-corrected chi connectivity index (χ0v) is 9.55. The van der Waals surface area contributed by atoms with Crippen LogP contribution in [0, 0.1) is 5.41 Å². The van der Waals surface area contributed by atoms with Crippen molar-refractivity contribution in [1.29, 1.82) is 0 Å². The smallest absolute Gasteiger partial charge is 0.228 e. The zero-order valence-electron chi connectivity index (χ0n) is 9.55. The summed E-state index contributed by atoms with van der Waals surface area (Å²) < 4.78 is 0. The minimum Gasteiger partial charge on any atom is -0.341 e. The summed E-state index contributed by atoms with van der Waals surface area (Å²) in [4.78, 5) is 14.0. The van der Waals surface area contributed by atoms with Gasteiger partial charge in [0.25, 0.3) is 0 Å². The van der Waals surface area contributed by atoms with E-state index < -0.39 is 0 Å². The third-order valence-electron chi connectivity index (χ3n) is 3.21. The van der Waals surface area contributed by atoms with Crippen LogP contribution in [-0.4, -0.2) is 29.9 Å². The lowest BCUT2D eigenvalue weighted by atomic mass is 9.87. The Kier molecular flexibility index (Phi) is 3.53. The van der Waals surface area contributed by atoms with E-state index in [0.717, 1.165) is 32.4 Å². The van der Waals surface area contributed by atoms with Gasteiger partial charge in [-0.1, -0.05) is 20.8 Å². The molecule has 1 heterocycles. The lowest BCUT2D eigenvalue weighted by Gasteiger charge is -2.36. The molecule has 0 aromatic rings. The van der Waals surface area contributed by atoms with Gasteiger partial charge in [0.1, 0.15) is 0 Å². The summed E-state index contributed by atoms with van der Waals surface area (Å²) in [5, 5.41) is 0. The number of hydrogen-bond donors (Lipinski definition) is 1. The van der Waals surface area contributed by atoms with Crippen molar-refractivity contribution < 1.29 is 4.79 Å². The maximum Gasteiger partial charge on any atom is 0.228 e. The van der Waals surface area contributed by atoms with Crippen molar-refractivity contribution in [2.24, 2.45) is 11.1 Å². The number of nitrogens with two attached hydrogens (primary N) is 1. The van der Waals surface area contributed by atoms with E-state index in [9.17, 15) is 4.79 Å². The fourth-order valence-corrected chi connectivity index (χ4v) is 1.77. The minimum absolute atomic E-state index is 0.181. The summed E-state index contributed by atoms with van der Waals surface area (Å²) in [6.07, 6.45) is 2.99. The van der Waals surface area contributed by atoms with Crippen molar-refractivity contribution in [2.75, 3.05) is 13.1 Å². The van der Waals surface area contributed by atoms with Crippen molar-refractivity contribution in [1.82, 2.24) is 4.90 Å². The standard InChI is InChI=1S/C11H22N2O/c1-4-11(2,3)10(14)13-7-5-6-9(12)8-13/h9H,4-8,12H2,1-3H3/t9-/m1/s1. The van der Waals surface area contributed by atoms with Crippen molar-refractivity contribution in [3.63, 3.8) is 0 Å². The second-order valence-electron chi connectivity index (χ2n) is 4.89. The summed E-state index contributed by atoms with van der Waals surface area (Å²) in [5.41, 5.74) is 5.63. The van der Waals surface area contributed by atoms with Gasteiger partial charge in [0.2, 0.25) is 5.91 Å². The molecule has 3 heteroatoms. The van der Waals surface area contributed by atoms with Gasteiger partial charge in [-0.15, -0.1) is 0 Å². The lowest BCUT2D eigenvalue weighted by Crippen LogP contribution is -2.49. The average Bonchev–Trinajstić information content (AvgIpc) is 2.16. The van der Waals surface area contributed by atoms with Crippen molar-refractivity contribution in [3.05, 3.63) is 0 Å². The maximum atomic E-state index is 12.1. The molecule has 1 atom stereocenters. The number of nitrogens with zero attached hydrogens (tertiary/aromatic N) is 1.